The van der Waals surface area contributed by atoms with E-state index in [9.17, 15) is 9.59 Å². The monoisotopic (exact) mass is 383 g/mol. The minimum absolute atomic E-state index is 0.0871. The van der Waals surface area contributed by atoms with Crippen molar-refractivity contribution in [3.63, 3.8) is 0 Å². The van der Waals surface area contributed by atoms with Crippen molar-refractivity contribution in [3.05, 3.63) is 65.7 Å². The molecular weight excluding hydrogens is 358 g/mol. The third kappa shape index (κ3) is 5.10. The van der Waals surface area contributed by atoms with E-state index >= 15 is 0 Å². The summed E-state index contributed by atoms with van der Waals surface area (Å²) in [6, 6.07) is 17.3. The third-order valence-electron chi connectivity index (χ3n) is 5.00. The van der Waals surface area contributed by atoms with E-state index in [1.54, 1.807) is 12.0 Å². The van der Waals surface area contributed by atoms with Crippen molar-refractivity contribution in [2.24, 2.45) is 0 Å². The lowest BCUT2D eigenvalue weighted by atomic mass is 10.0. The van der Waals surface area contributed by atoms with Crippen LogP contribution in [0.15, 0.2) is 54.6 Å². The van der Waals surface area contributed by atoms with Crippen LogP contribution in [0.1, 0.15) is 24.0 Å². The summed E-state index contributed by atoms with van der Waals surface area (Å²) >= 11 is 0. The minimum Gasteiger partial charge on any atom is -0.483 e. The van der Waals surface area contributed by atoms with Gasteiger partial charge in [-0.3, -0.25) is 9.59 Å². The Morgan fingerprint density at radius 3 is 2.54 bits per heavy atom. The number of hydrogen-bond donors (Lipinski definition) is 1. The molecule has 1 amide bonds. The van der Waals surface area contributed by atoms with Gasteiger partial charge < -0.3 is 19.5 Å². The standard InChI is InChI=1S/C22H25NO5/c1-27-19-12-18(13-22(25)26)23(14-19)21(24)15-28-20-10-6-5-9-17(20)11-16-7-3-2-4-8-16/h2-10,18-19H,11-15H2,1H3,(H,25,26). The van der Waals surface area contributed by atoms with Gasteiger partial charge in [0.2, 0.25) is 0 Å². The average molecular weight is 383 g/mol. The average Bonchev–Trinajstić information content (AvgIpc) is 3.10. The molecule has 6 heteroatoms. The van der Waals surface area contributed by atoms with Gasteiger partial charge in [-0.15, -0.1) is 0 Å². The summed E-state index contributed by atoms with van der Waals surface area (Å²) in [5.74, 6) is -0.481. The fourth-order valence-corrected chi connectivity index (χ4v) is 3.57. The van der Waals surface area contributed by atoms with Gasteiger partial charge in [-0.2, -0.15) is 0 Å². The summed E-state index contributed by atoms with van der Waals surface area (Å²) < 4.78 is 11.2. The first-order valence-corrected chi connectivity index (χ1v) is 9.35. The number of hydrogen-bond acceptors (Lipinski definition) is 4. The van der Waals surface area contributed by atoms with E-state index in [2.05, 4.69) is 0 Å². The maximum absolute atomic E-state index is 12.7. The van der Waals surface area contributed by atoms with Crippen molar-refractivity contribution in [3.8, 4) is 5.75 Å². The van der Waals surface area contributed by atoms with Gasteiger partial charge in [0.1, 0.15) is 5.75 Å². The van der Waals surface area contributed by atoms with Crippen molar-refractivity contribution < 1.29 is 24.2 Å². The van der Waals surface area contributed by atoms with E-state index < -0.39 is 5.97 Å². The molecule has 1 aliphatic heterocycles. The topological polar surface area (TPSA) is 76.1 Å². The van der Waals surface area contributed by atoms with Gasteiger partial charge in [-0.05, 0) is 23.6 Å². The molecule has 0 spiro atoms. The SMILES string of the molecule is COC1CC(CC(=O)O)N(C(=O)COc2ccccc2Cc2ccccc2)C1. The highest BCUT2D eigenvalue weighted by Gasteiger charge is 2.36. The number of aliphatic carboxylic acids is 1. The minimum atomic E-state index is -0.923. The molecular formula is C22H25NO5. The van der Waals surface area contributed by atoms with E-state index in [-0.39, 0.29) is 31.1 Å². The Hall–Kier alpha value is -2.86. The van der Waals surface area contributed by atoms with Crippen LogP contribution < -0.4 is 4.74 Å². The van der Waals surface area contributed by atoms with Crippen LogP contribution in [0.5, 0.6) is 5.75 Å². The molecule has 1 fully saturated rings. The molecule has 2 aromatic carbocycles. The fourth-order valence-electron chi connectivity index (χ4n) is 3.57. The van der Waals surface area contributed by atoms with E-state index in [4.69, 9.17) is 14.6 Å². The Morgan fingerprint density at radius 1 is 1.11 bits per heavy atom. The smallest absolute Gasteiger partial charge is 0.305 e. The number of carboxylic acid groups (broad SMARTS) is 1. The van der Waals surface area contributed by atoms with E-state index in [1.807, 2.05) is 54.6 Å². The Kier molecular flexibility index (Phi) is 6.66. The number of para-hydroxylation sites is 1. The highest BCUT2D eigenvalue weighted by molar-refractivity contribution is 5.79. The van der Waals surface area contributed by atoms with Crippen LogP contribution in [0.25, 0.3) is 0 Å². The van der Waals surface area contributed by atoms with Gasteiger partial charge in [0.15, 0.2) is 6.61 Å². The molecule has 2 atom stereocenters. The molecule has 1 heterocycles. The van der Waals surface area contributed by atoms with Gasteiger partial charge in [-0.25, -0.2) is 0 Å². The first-order valence-electron chi connectivity index (χ1n) is 9.35. The molecule has 1 aliphatic rings. The number of ether oxygens (including phenoxy) is 2. The van der Waals surface area contributed by atoms with E-state index in [0.717, 1.165) is 11.1 Å². The maximum atomic E-state index is 12.7. The third-order valence-corrected chi connectivity index (χ3v) is 5.00. The Morgan fingerprint density at radius 2 is 1.82 bits per heavy atom. The largest absolute Gasteiger partial charge is 0.483 e. The molecule has 3 rings (SSSR count). The second kappa shape index (κ2) is 9.37. The van der Waals surface area contributed by atoms with Gasteiger partial charge >= 0.3 is 5.97 Å². The number of rotatable bonds is 8. The first-order chi connectivity index (χ1) is 13.6. The molecule has 148 valence electrons. The predicted molar refractivity (Wildman–Crippen MR) is 104 cm³/mol. The number of likely N-dealkylation sites (tertiary alicyclic amines) is 1. The summed E-state index contributed by atoms with van der Waals surface area (Å²) in [7, 11) is 1.58. The van der Waals surface area contributed by atoms with Crippen LogP contribution in [0, 0.1) is 0 Å². The molecule has 6 nitrogen and oxygen atoms in total. The van der Waals surface area contributed by atoms with Crippen LogP contribution >= 0.6 is 0 Å². The van der Waals surface area contributed by atoms with E-state index in [1.165, 1.54) is 0 Å². The summed E-state index contributed by atoms with van der Waals surface area (Å²) in [5.41, 5.74) is 2.16. The lowest BCUT2D eigenvalue weighted by molar-refractivity contribution is -0.140. The first kappa shape index (κ1) is 19.9. The van der Waals surface area contributed by atoms with Crippen LogP contribution in [0.4, 0.5) is 0 Å². The van der Waals surface area contributed by atoms with E-state index in [0.29, 0.717) is 25.1 Å². The molecule has 0 radical (unpaired) electrons. The Labute approximate surface area is 164 Å². The number of benzene rings is 2. The lowest BCUT2D eigenvalue weighted by Crippen LogP contribution is -2.40. The lowest BCUT2D eigenvalue weighted by Gasteiger charge is -2.23. The molecule has 1 saturated heterocycles. The number of methoxy groups -OCH3 is 1. The summed E-state index contributed by atoms with van der Waals surface area (Å²) in [4.78, 5) is 25.4. The molecule has 0 saturated carbocycles. The molecule has 2 unspecified atom stereocenters. The number of amides is 1. The zero-order chi connectivity index (χ0) is 19.9. The van der Waals surface area contributed by atoms with Crippen molar-refractivity contribution >= 4 is 11.9 Å². The summed E-state index contributed by atoms with van der Waals surface area (Å²) in [6.45, 7) is 0.265. The number of carbonyl (C=O) groups is 2. The second-order valence-corrected chi connectivity index (χ2v) is 6.95. The van der Waals surface area contributed by atoms with Gasteiger partial charge in [0.05, 0.1) is 12.5 Å². The van der Waals surface area contributed by atoms with Gasteiger partial charge in [-0.1, -0.05) is 48.5 Å². The van der Waals surface area contributed by atoms with Crippen LogP contribution in [0.3, 0.4) is 0 Å². The highest BCUT2D eigenvalue weighted by atomic mass is 16.5. The molecule has 0 aliphatic carbocycles. The molecule has 28 heavy (non-hydrogen) atoms. The second-order valence-electron chi connectivity index (χ2n) is 6.95. The van der Waals surface area contributed by atoms with Crippen molar-refractivity contribution in [1.82, 2.24) is 4.90 Å². The van der Waals surface area contributed by atoms with Crippen molar-refractivity contribution in [2.75, 3.05) is 20.3 Å². The number of nitrogens with zero attached hydrogens (tertiary/aromatic N) is 1. The van der Waals surface area contributed by atoms with Crippen LogP contribution in [-0.4, -0.2) is 54.3 Å². The van der Waals surface area contributed by atoms with Gasteiger partial charge in [0.25, 0.3) is 5.91 Å². The van der Waals surface area contributed by atoms with Crippen LogP contribution in [-0.2, 0) is 20.7 Å². The molecule has 2 aromatic rings. The molecule has 0 bridgehead atoms. The van der Waals surface area contributed by atoms with Crippen molar-refractivity contribution in [2.45, 2.75) is 31.4 Å². The summed E-state index contributed by atoms with van der Waals surface area (Å²) in [6.07, 6.45) is 1.01. The number of carbonyl (C=O) groups excluding carboxylic acids is 1. The highest BCUT2D eigenvalue weighted by Crippen LogP contribution is 2.24. The summed E-state index contributed by atoms with van der Waals surface area (Å²) in [5, 5.41) is 9.11. The number of carboxylic acids is 1. The van der Waals surface area contributed by atoms with Gasteiger partial charge in [0, 0.05) is 26.1 Å². The quantitative estimate of drug-likeness (QED) is 0.759. The Bertz CT molecular complexity index is 808. The maximum Gasteiger partial charge on any atom is 0.305 e. The normalized spacial score (nSPS) is 18.8. The van der Waals surface area contributed by atoms with Crippen molar-refractivity contribution in [1.29, 1.82) is 0 Å². The molecule has 0 aromatic heterocycles. The zero-order valence-electron chi connectivity index (χ0n) is 15.9. The fraction of sp³-hybridized carbons (Fsp3) is 0.364. The molecule has 1 N–H and O–H groups in total. The zero-order valence-corrected chi connectivity index (χ0v) is 15.9. The van der Waals surface area contributed by atoms with Crippen LogP contribution in [0.2, 0.25) is 0 Å². The predicted octanol–water partition coefficient (Wildman–Crippen LogP) is 2.75. The Balaban J connectivity index is 1.65.